The molecule has 0 saturated heterocycles. The summed E-state index contributed by atoms with van der Waals surface area (Å²) in [6.45, 7) is 0. The number of anilines is 1. The lowest BCUT2D eigenvalue weighted by atomic mass is 10.4. The van der Waals surface area contributed by atoms with Crippen molar-refractivity contribution in [2.24, 2.45) is 0 Å². The average Bonchev–Trinajstić information content (AvgIpc) is 2.65. The molecule has 0 aliphatic carbocycles. The van der Waals surface area contributed by atoms with Crippen molar-refractivity contribution >= 4 is 5.82 Å². The van der Waals surface area contributed by atoms with Crippen molar-refractivity contribution in [3.63, 3.8) is 0 Å². The molecule has 0 radical (unpaired) electrons. The molecule has 0 atom stereocenters. The van der Waals surface area contributed by atoms with Crippen LogP contribution in [0.25, 0.3) is 5.82 Å². The number of nitrogens with zero attached hydrogens (tertiary/aromatic N) is 4. The van der Waals surface area contributed by atoms with Crippen molar-refractivity contribution in [2.45, 2.75) is 6.18 Å². The highest BCUT2D eigenvalue weighted by Gasteiger charge is 2.33. The third kappa shape index (κ3) is 1.95. The van der Waals surface area contributed by atoms with Gasteiger partial charge in [0, 0.05) is 12.3 Å². The second-order valence-corrected chi connectivity index (χ2v) is 2.97. The third-order valence-corrected chi connectivity index (χ3v) is 1.81. The Labute approximate surface area is 87.8 Å². The van der Waals surface area contributed by atoms with Crippen LogP contribution in [0.2, 0.25) is 0 Å². The highest BCUT2D eigenvalue weighted by Crippen LogP contribution is 2.27. The van der Waals surface area contributed by atoms with E-state index in [4.69, 9.17) is 5.73 Å². The zero-order valence-electron chi connectivity index (χ0n) is 7.81. The van der Waals surface area contributed by atoms with Crippen LogP contribution in [0.1, 0.15) is 5.69 Å². The number of hydrogen-bond acceptors (Lipinski definition) is 4. The standard InChI is InChI=1S/C8H6F3N5/c9-8(10,11)5-2-16(4-15-5)7-1-6(12)13-3-14-7/h1-4H,(H2,12,13,14). The highest BCUT2D eigenvalue weighted by molar-refractivity contribution is 5.36. The summed E-state index contributed by atoms with van der Waals surface area (Å²) in [5, 5.41) is 0. The van der Waals surface area contributed by atoms with Crippen LogP contribution in [0.4, 0.5) is 19.0 Å². The number of rotatable bonds is 1. The Hall–Kier alpha value is -2.12. The molecule has 0 aliphatic rings. The molecule has 0 unspecified atom stereocenters. The fraction of sp³-hybridized carbons (Fsp3) is 0.125. The summed E-state index contributed by atoms with van der Waals surface area (Å²) < 4.78 is 37.9. The minimum absolute atomic E-state index is 0.173. The van der Waals surface area contributed by atoms with Gasteiger partial charge in [0.05, 0.1) is 0 Å². The van der Waals surface area contributed by atoms with Gasteiger partial charge in [0.25, 0.3) is 0 Å². The molecular formula is C8H6F3N5. The Kier molecular flexibility index (Phi) is 2.26. The monoisotopic (exact) mass is 229 g/mol. The van der Waals surface area contributed by atoms with Crippen molar-refractivity contribution in [1.82, 2.24) is 19.5 Å². The molecule has 0 aliphatic heterocycles. The fourth-order valence-electron chi connectivity index (χ4n) is 1.10. The first-order valence-electron chi connectivity index (χ1n) is 4.16. The van der Waals surface area contributed by atoms with Gasteiger partial charge < -0.3 is 5.73 Å². The largest absolute Gasteiger partial charge is 0.434 e. The van der Waals surface area contributed by atoms with E-state index in [0.717, 1.165) is 23.4 Å². The van der Waals surface area contributed by atoms with Gasteiger partial charge in [-0.2, -0.15) is 13.2 Å². The van der Waals surface area contributed by atoms with Gasteiger partial charge in [-0.25, -0.2) is 15.0 Å². The maximum Gasteiger partial charge on any atom is 0.434 e. The molecule has 2 heterocycles. The van der Waals surface area contributed by atoms with Crippen molar-refractivity contribution in [2.75, 3.05) is 5.73 Å². The van der Waals surface area contributed by atoms with Crippen LogP contribution in [0.15, 0.2) is 24.9 Å². The quantitative estimate of drug-likeness (QED) is 0.799. The van der Waals surface area contributed by atoms with E-state index in [1.54, 1.807) is 0 Å². The number of alkyl halides is 3. The summed E-state index contributed by atoms with van der Waals surface area (Å²) in [5.41, 5.74) is 4.40. The molecule has 2 aromatic heterocycles. The van der Waals surface area contributed by atoms with E-state index < -0.39 is 11.9 Å². The van der Waals surface area contributed by atoms with Crippen LogP contribution in [0, 0.1) is 0 Å². The van der Waals surface area contributed by atoms with Gasteiger partial charge in [0.2, 0.25) is 0 Å². The minimum Gasteiger partial charge on any atom is -0.384 e. The zero-order valence-corrected chi connectivity index (χ0v) is 7.81. The Bertz CT molecular complexity index is 504. The first kappa shape index (κ1) is 10.4. The maximum atomic E-state index is 12.3. The van der Waals surface area contributed by atoms with E-state index in [9.17, 15) is 13.2 Å². The summed E-state index contributed by atoms with van der Waals surface area (Å²) in [7, 11) is 0. The topological polar surface area (TPSA) is 69.6 Å². The van der Waals surface area contributed by atoms with Gasteiger partial charge in [-0.3, -0.25) is 4.57 Å². The number of halogens is 3. The summed E-state index contributed by atoms with van der Waals surface area (Å²) in [4.78, 5) is 10.6. The lowest BCUT2D eigenvalue weighted by molar-refractivity contribution is -0.140. The average molecular weight is 229 g/mol. The van der Waals surface area contributed by atoms with E-state index in [1.807, 2.05) is 0 Å². The Morgan fingerprint density at radius 3 is 2.50 bits per heavy atom. The SMILES string of the molecule is Nc1cc(-n2cnc(C(F)(F)F)c2)ncn1. The van der Waals surface area contributed by atoms with E-state index in [0.29, 0.717) is 0 Å². The predicted octanol–water partition coefficient (Wildman–Crippen LogP) is 1.26. The van der Waals surface area contributed by atoms with Gasteiger partial charge in [-0.15, -0.1) is 0 Å². The lowest BCUT2D eigenvalue weighted by Crippen LogP contribution is -2.05. The Morgan fingerprint density at radius 2 is 1.94 bits per heavy atom. The molecular weight excluding hydrogens is 223 g/mol. The van der Waals surface area contributed by atoms with Crippen molar-refractivity contribution in [3.05, 3.63) is 30.6 Å². The second kappa shape index (κ2) is 3.47. The van der Waals surface area contributed by atoms with E-state index in [-0.39, 0.29) is 11.6 Å². The van der Waals surface area contributed by atoms with Crippen LogP contribution >= 0.6 is 0 Å². The zero-order chi connectivity index (χ0) is 11.8. The summed E-state index contributed by atoms with van der Waals surface area (Å²) in [6, 6.07) is 1.35. The molecule has 84 valence electrons. The first-order chi connectivity index (χ1) is 7.47. The Morgan fingerprint density at radius 1 is 1.19 bits per heavy atom. The summed E-state index contributed by atoms with van der Waals surface area (Å²) >= 11 is 0. The van der Waals surface area contributed by atoms with Crippen molar-refractivity contribution < 1.29 is 13.2 Å². The number of aromatic nitrogens is 4. The van der Waals surface area contributed by atoms with E-state index in [2.05, 4.69) is 15.0 Å². The highest BCUT2D eigenvalue weighted by atomic mass is 19.4. The molecule has 0 fully saturated rings. The number of imidazole rings is 1. The van der Waals surface area contributed by atoms with Gasteiger partial charge >= 0.3 is 6.18 Å². The fourth-order valence-corrected chi connectivity index (χ4v) is 1.10. The molecule has 0 spiro atoms. The van der Waals surface area contributed by atoms with Crippen molar-refractivity contribution in [1.29, 1.82) is 0 Å². The smallest absolute Gasteiger partial charge is 0.384 e. The van der Waals surface area contributed by atoms with Crippen LogP contribution in [-0.4, -0.2) is 19.5 Å². The van der Waals surface area contributed by atoms with Gasteiger partial charge in [-0.1, -0.05) is 0 Å². The third-order valence-electron chi connectivity index (χ3n) is 1.81. The molecule has 16 heavy (non-hydrogen) atoms. The molecule has 2 N–H and O–H groups in total. The van der Waals surface area contributed by atoms with Gasteiger partial charge in [0.15, 0.2) is 5.69 Å². The second-order valence-electron chi connectivity index (χ2n) is 2.97. The van der Waals surface area contributed by atoms with Crippen LogP contribution in [-0.2, 0) is 6.18 Å². The maximum absolute atomic E-state index is 12.3. The van der Waals surface area contributed by atoms with Crippen LogP contribution in [0.5, 0.6) is 0 Å². The van der Waals surface area contributed by atoms with Crippen LogP contribution in [0.3, 0.4) is 0 Å². The normalized spacial score (nSPS) is 11.7. The molecule has 2 aromatic rings. The number of nitrogens with two attached hydrogens (primary N) is 1. The van der Waals surface area contributed by atoms with Crippen molar-refractivity contribution in [3.8, 4) is 5.82 Å². The summed E-state index contributed by atoms with van der Waals surface area (Å²) in [6.07, 6.45) is -1.45. The first-order valence-corrected chi connectivity index (χ1v) is 4.16. The summed E-state index contributed by atoms with van der Waals surface area (Å²) in [5.74, 6) is 0.405. The number of nitrogen functional groups attached to an aromatic ring is 1. The molecule has 0 aromatic carbocycles. The molecule has 8 heteroatoms. The van der Waals surface area contributed by atoms with E-state index in [1.165, 1.54) is 6.07 Å². The minimum atomic E-state index is -4.47. The molecule has 0 saturated carbocycles. The molecule has 0 bridgehead atoms. The molecule has 0 amide bonds. The van der Waals surface area contributed by atoms with Gasteiger partial charge in [0.1, 0.15) is 24.3 Å². The Balaban J connectivity index is 2.39. The van der Waals surface area contributed by atoms with Gasteiger partial charge in [-0.05, 0) is 0 Å². The number of hydrogen-bond donors (Lipinski definition) is 1. The molecule has 5 nitrogen and oxygen atoms in total. The lowest BCUT2D eigenvalue weighted by Gasteiger charge is -2.01. The molecule has 2 rings (SSSR count). The van der Waals surface area contributed by atoms with E-state index >= 15 is 0 Å². The predicted molar refractivity (Wildman–Crippen MR) is 48.6 cm³/mol. The van der Waals surface area contributed by atoms with Crippen LogP contribution < -0.4 is 5.73 Å².